The van der Waals surface area contributed by atoms with Crippen molar-refractivity contribution in [3.63, 3.8) is 0 Å². The number of carbonyl (C=O) groups excluding carboxylic acids is 2. The molecule has 3 atom stereocenters. The van der Waals surface area contributed by atoms with Crippen LogP contribution in [0.5, 0.6) is 0 Å². The standard InChI is InChI=1S/C27H27ClN2O3/c1-2-27(33,21-14-7-4-8-15-21)26(24(29)25(32)20-12-5-3-6-13-20)30-23(31)18-17-19-11-9-10-16-22(19)28/h3-18,24,26,33H,2,29H2,1H3,(H,30,31). The molecule has 33 heavy (non-hydrogen) atoms. The van der Waals surface area contributed by atoms with Crippen molar-refractivity contribution in [2.45, 2.75) is 31.0 Å². The molecule has 5 nitrogen and oxygen atoms in total. The van der Waals surface area contributed by atoms with Gasteiger partial charge in [-0.25, -0.2) is 0 Å². The van der Waals surface area contributed by atoms with Gasteiger partial charge in [0.25, 0.3) is 0 Å². The van der Waals surface area contributed by atoms with Gasteiger partial charge in [-0.2, -0.15) is 0 Å². The van der Waals surface area contributed by atoms with Crippen LogP contribution in [0.3, 0.4) is 0 Å². The largest absolute Gasteiger partial charge is 0.383 e. The third-order valence-corrected chi connectivity index (χ3v) is 6.01. The van der Waals surface area contributed by atoms with Crippen molar-refractivity contribution in [1.29, 1.82) is 0 Å². The molecule has 0 spiro atoms. The van der Waals surface area contributed by atoms with Gasteiger partial charge < -0.3 is 16.2 Å². The van der Waals surface area contributed by atoms with Gasteiger partial charge >= 0.3 is 0 Å². The molecule has 0 saturated heterocycles. The quantitative estimate of drug-likeness (QED) is 0.325. The van der Waals surface area contributed by atoms with Crippen molar-refractivity contribution in [1.82, 2.24) is 5.32 Å². The van der Waals surface area contributed by atoms with Gasteiger partial charge in [-0.05, 0) is 29.7 Å². The van der Waals surface area contributed by atoms with Gasteiger partial charge in [0.1, 0.15) is 5.60 Å². The molecule has 0 aliphatic heterocycles. The Hall–Kier alpha value is -3.25. The van der Waals surface area contributed by atoms with E-state index in [4.69, 9.17) is 17.3 Å². The van der Waals surface area contributed by atoms with Crippen LogP contribution in [0.2, 0.25) is 5.02 Å². The van der Waals surface area contributed by atoms with Gasteiger partial charge in [0.2, 0.25) is 5.91 Å². The van der Waals surface area contributed by atoms with E-state index >= 15 is 0 Å². The second-order valence-electron chi connectivity index (χ2n) is 7.74. The molecule has 3 aromatic rings. The van der Waals surface area contributed by atoms with Gasteiger partial charge in [-0.1, -0.05) is 97.4 Å². The summed E-state index contributed by atoms with van der Waals surface area (Å²) in [6, 6.07) is 22.3. The van der Waals surface area contributed by atoms with Gasteiger partial charge in [0, 0.05) is 16.7 Å². The lowest BCUT2D eigenvalue weighted by Crippen LogP contribution is -2.61. The highest BCUT2D eigenvalue weighted by molar-refractivity contribution is 6.32. The number of amides is 1. The molecule has 0 heterocycles. The van der Waals surface area contributed by atoms with Crippen LogP contribution in [0.25, 0.3) is 6.08 Å². The maximum absolute atomic E-state index is 13.2. The average molecular weight is 463 g/mol. The highest BCUT2D eigenvalue weighted by Crippen LogP contribution is 2.31. The molecule has 3 unspecified atom stereocenters. The number of carbonyl (C=O) groups is 2. The SMILES string of the molecule is CCC(O)(c1ccccc1)C(NC(=O)C=Cc1ccccc1Cl)C(N)C(=O)c1ccccc1. The number of benzene rings is 3. The van der Waals surface area contributed by atoms with Crippen molar-refractivity contribution >= 4 is 29.4 Å². The normalized spacial score (nSPS) is 14.9. The highest BCUT2D eigenvalue weighted by atomic mass is 35.5. The maximum Gasteiger partial charge on any atom is 0.244 e. The van der Waals surface area contributed by atoms with E-state index in [1.807, 2.05) is 12.1 Å². The second kappa shape index (κ2) is 11.1. The molecular formula is C27H27ClN2O3. The molecule has 3 aromatic carbocycles. The summed E-state index contributed by atoms with van der Waals surface area (Å²) in [5.41, 5.74) is 6.47. The zero-order valence-corrected chi connectivity index (χ0v) is 19.1. The monoisotopic (exact) mass is 462 g/mol. The van der Waals surface area contributed by atoms with E-state index in [9.17, 15) is 14.7 Å². The Morgan fingerprint density at radius 3 is 2.18 bits per heavy atom. The Morgan fingerprint density at radius 1 is 1.00 bits per heavy atom. The molecule has 0 aliphatic rings. The third-order valence-electron chi connectivity index (χ3n) is 5.66. The minimum Gasteiger partial charge on any atom is -0.383 e. The van der Waals surface area contributed by atoms with Gasteiger partial charge in [-0.15, -0.1) is 0 Å². The van der Waals surface area contributed by atoms with E-state index in [0.717, 1.165) is 0 Å². The molecule has 0 fully saturated rings. The lowest BCUT2D eigenvalue weighted by atomic mass is 9.78. The minimum atomic E-state index is -1.57. The number of ketones is 1. The van der Waals surface area contributed by atoms with E-state index < -0.39 is 23.6 Å². The van der Waals surface area contributed by atoms with Crippen LogP contribution in [-0.4, -0.2) is 28.9 Å². The molecule has 3 rings (SSSR count). The Balaban J connectivity index is 1.95. The maximum atomic E-state index is 13.2. The molecule has 0 saturated carbocycles. The topological polar surface area (TPSA) is 92.4 Å². The van der Waals surface area contributed by atoms with E-state index in [0.29, 0.717) is 21.7 Å². The number of nitrogens with two attached hydrogens (primary N) is 1. The number of hydrogen-bond donors (Lipinski definition) is 3. The third kappa shape index (κ3) is 5.76. The molecule has 1 amide bonds. The molecule has 0 bridgehead atoms. The summed E-state index contributed by atoms with van der Waals surface area (Å²) in [7, 11) is 0. The fourth-order valence-corrected chi connectivity index (χ4v) is 3.96. The summed E-state index contributed by atoms with van der Waals surface area (Å²) in [5.74, 6) is -0.877. The van der Waals surface area contributed by atoms with Crippen LogP contribution in [0.15, 0.2) is 91.0 Å². The summed E-state index contributed by atoms with van der Waals surface area (Å²) < 4.78 is 0. The molecule has 6 heteroatoms. The molecular weight excluding hydrogens is 436 g/mol. The van der Waals surface area contributed by atoms with Crippen LogP contribution >= 0.6 is 11.6 Å². The van der Waals surface area contributed by atoms with Crippen LogP contribution in [0, 0.1) is 0 Å². The number of hydrogen-bond acceptors (Lipinski definition) is 4. The first kappa shape index (κ1) is 24.4. The lowest BCUT2D eigenvalue weighted by molar-refractivity contribution is -0.120. The molecule has 0 radical (unpaired) electrons. The van der Waals surface area contributed by atoms with E-state index in [1.54, 1.807) is 85.8 Å². The van der Waals surface area contributed by atoms with Crippen molar-refractivity contribution in [2.24, 2.45) is 5.73 Å². The number of rotatable bonds is 9. The van der Waals surface area contributed by atoms with E-state index in [1.165, 1.54) is 6.08 Å². The smallest absolute Gasteiger partial charge is 0.244 e. The fourth-order valence-electron chi connectivity index (χ4n) is 3.76. The number of halogens is 1. The molecule has 0 aliphatic carbocycles. The van der Waals surface area contributed by atoms with Crippen LogP contribution in [0.4, 0.5) is 0 Å². The Morgan fingerprint density at radius 2 is 1.58 bits per heavy atom. The van der Waals surface area contributed by atoms with Crippen molar-refractivity contribution in [3.8, 4) is 0 Å². The van der Waals surface area contributed by atoms with Crippen molar-refractivity contribution < 1.29 is 14.7 Å². The summed E-state index contributed by atoms with van der Waals surface area (Å²) in [5, 5.41) is 15.0. The van der Waals surface area contributed by atoms with Crippen LogP contribution < -0.4 is 11.1 Å². The summed E-state index contributed by atoms with van der Waals surface area (Å²) in [6.45, 7) is 1.78. The summed E-state index contributed by atoms with van der Waals surface area (Å²) in [4.78, 5) is 26.0. The van der Waals surface area contributed by atoms with E-state index in [-0.39, 0.29) is 12.2 Å². The Kier molecular flexibility index (Phi) is 8.17. The first-order valence-corrected chi connectivity index (χ1v) is 11.1. The Bertz CT molecular complexity index is 1120. The second-order valence-corrected chi connectivity index (χ2v) is 8.15. The lowest BCUT2D eigenvalue weighted by Gasteiger charge is -2.39. The number of nitrogens with one attached hydrogen (secondary N) is 1. The van der Waals surface area contributed by atoms with Crippen LogP contribution in [0.1, 0.15) is 34.8 Å². The summed E-state index contributed by atoms with van der Waals surface area (Å²) >= 11 is 6.16. The zero-order valence-electron chi connectivity index (χ0n) is 18.3. The van der Waals surface area contributed by atoms with Gasteiger partial charge in [0.15, 0.2) is 5.78 Å². The first-order valence-electron chi connectivity index (χ1n) is 10.7. The minimum absolute atomic E-state index is 0.228. The predicted molar refractivity (Wildman–Crippen MR) is 132 cm³/mol. The Labute approximate surface area is 198 Å². The first-order chi connectivity index (χ1) is 15.9. The fraction of sp³-hybridized carbons (Fsp3) is 0.185. The number of aliphatic hydroxyl groups is 1. The van der Waals surface area contributed by atoms with E-state index in [2.05, 4.69) is 5.32 Å². The highest BCUT2D eigenvalue weighted by Gasteiger charge is 2.43. The molecule has 0 aromatic heterocycles. The van der Waals surface area contributed by atoms with Crippen molar-refractivity contribution in [2.75, 3.05) is 0 Å². The van der Waals surface area contributed by atoms with Gasteiger partial charge in [-0.3, -0.25) is 9.59 Å². The summed E-state index contributed by atoms with van der Waals surface area (Å²) in [6.07, 6.45) is 3.12. The zero-order chi connectivity index (χ0) is 23.8. The molecule has 4 N–H and O–H groups in total. The average Bonchev–Trinajstić information content (AvgIpc) is 2.86. The predicted octanol–water partition coefficient (Wildman–Crippen LogP) is 4.35. The van der Waals surface area contributed by atoms with Crippen molar-refractivity contribution in [3.05, 3.63) is 113 Å². The number of Topliss-reactive ketones (excluding diaryl/α,β-unsaturated/α-hetero) is 1. The van der Waals surface area contributed by atoms with Gasteiger partial charge in [0.05, 0.1) is 12.1 Å². The molecule has 170 valence electrons. The van der Waals surface area contributed by atoms with Crippen LogP contribution in [-0.2, 0) is 10.4 Å².